The van der Waals surface area contributed by atoms with E-state index in [-0.39, 0.29) is 11.8 Å². The summed E-state index contributed by atoms with van der Waals surface area (Å²) in [5, 5.41) is 5.37. The summed E-state index contributed by atoms with van der Waals surface area (Å²) in [4.78, 5) is 17.8. The largest absolute Gasteiger partial charge is 0.497 e. The molecule has 1 amide bonds. The molecule has 30 heavy (non-hydrogen) atoms. The molecular weight excluding hydrogens is 374 g/mol. The number of ether oxygens (including phenoxy) is 1. The minimum Gasteiger partial charge on any atom is -0.497 e. The van der Waals surface area contributed by atoms with E-state index < -0.39 is 0 Å². The zero-order valence-electron chi connectivity index (χ0n) is 17.9. The van der Waals surface area contributed by atoms with Gasteiger partial charge >= 0.3 is 0 Å². The summed E-state index contributed by atoms with van der Waals surface area (Å²) in [7, 11) is 3.81. The van der Waals surface area contributed by atoms with Crippen molar-refractivity contribution in [1.82, 2.24) is 4.90 Å². The fraction of sp³-hybridized carbons (Fsp3) is 0.320. The molecule has 3 aromatic rings. The Bertz CT molecular complexity index is 1040. The number of fused-ring (bicyclic) bond motifs is 1. The van der Waals surface area contributed by atoms with Crippen LogP contribution in [-0.2, 0) is 4.79 Å². The number of methoxy groups -OCH3 is 1. The smallest absolute Gasteiger partial charge is 0.231 e. The van der Waals surface area contributed by atoms with Gasteiger partial charge in [0.05, 0.1) is 24.4 Å². The number of anilines is 2. The van der Waals surface area contributed by atoms with Gasteiger partial charge in [0, 0.05) is 26.2 Å². The van der Waals surface area contributed by atoms with Gasteiger partial charge in [0.25, 0.3) is 0 Å². The van der Waals surface area contributed by atoms with E-state index in [2.05, 4.69) is 40.4 Å². The number of para-hydroxylation sites is 2. The highest BCUT2D eigenvalue weighted by Crippen LogP contribution is 2.29. The molecule has 0 aliphatic carbocycles. The Morgan fingerprint density at radius 1 is 0.967 bits per heavy atom. The van der Waals surface area contributed by atoms with Crippen LogP contribution >= 0.6 is 0 Å². The molecule has 0 radical (unpaired) electrons. The molecule has 0 aromatic heterocycles. The van der Waals surface area contributed by atoms with E-state index in [1.54, 1.807) is 7.11 Å². The molecule has 0 spiro atoms. The van der Waals surface area contributed by atoms with Crippen LogP contribution in [0.3, 0.4) is 0 Å². The third-order valence-electron chi connectivity index (χ3n) is 5.97. The van der Waals surface area contributed by atoms with Gasteiger partial charge in [0.15, 0.2) is 0 Å². The molecule has 4 rings (SSSR count). The highest BCUT2D eigenvalue weighted by atomic mass is 16.5. The van der Waals surface area contributed by atoms with Gasteiger partial charge in [0.2, 0.25) is 5.91 Å². The number of piperazine rings is 1. The number of nitrogens with zero attached hydrogens (tertiary/aromatic N) is 2. The van der Waals surface area contributed by atoms with Crippen LogP contribution in [0.2, 0.25) is 0 Å². The summed E-state index contributed by atoms with van der Waals surface area (Å²) in [6.07, 6.45) is 0. The first-order chi connectivity index (χ1) is 14.5. The van der Waals surface area contributed by atoms with Crippen molar-refractivity contribution in [2.75, 3.05) is 50.6 Å². The Balaban J connectivity index is 1.52. The van der Waals surface area contributed by atoms with Crippen LogP contribution in [-0.4, -0.2) is 51.1 Å². The summed E-state index contributed by atoms with van der Waals surface area (Å²) < 4.78 is 5.30. The van der Waals surface area contributed by atoms with E-state index in [9.17, 15) is 4.79 Å². The lowest BCUT2D eigenvalue weighted by atomic mass is 9.97. The molecule has 1 aliphatic rings. The Kier molecular flexibility index (Phi) is 5.91. The molecular formula is C25H29N3O2. The maximum atomic E-state index is 13.1. The fourth-order valence-electron chi connectivity index (χ4n) is 3.93. The molecule has 1 heterocycles. The fourth-order valence-corrected chi connectivity index (χ4v) is 3.93. The van der Waals surface area contributed by atoms with Crippen molar-refractivity contribution in [2.24, 2.45) is 0 Å². The predicted molar refractivity (Wildman–Crippen MR) is 124 cm³/mol. The first-order valence-electron chi connectivity index (χ1n) is 10.5. The summed E-state index contributed by atoms with van der Waals surface area (Å²) in [6.45, 7) is 5.94. The number of carbonyl (C=O) groups is 1. The topological polar surface area (TPSA) is 44.8 Å². The SMILES string of the molecule is COc1ccc2cc([C@H](C)C(=O)Nc3ccccc3N3CCN(C)CC3)ccc2c1. The summed E-state index contributed by atoms with van der Waals surface area (Å²) in [5.74, 6) is 0.586. The van der Waals surface area contributed by atoms with E-state index in [0.29, 0.717) is 0 Å². The number of hydrogen-bond acceptors (Lipinski definition) is 4. The van der Waals surface area contributed by atoms with E-state index in [1.807, 2.05) is 49.4 Å². The quantitative estimate of drug-likeness (QED) is 0.688. The molecule has 1 N–H and O–H groups in total. The zero-order valence-corrected chi connectivity index (χ0v) is 17.9. The molecule has 1 fully saturated rings. The zero-order chi connectivity index (χ0) is 21.1. The second-order valence-corrected chi connectivity index (χ2v) is 7.99. The molecule has 3 aromatic carbocycles. The Morgan fingerprint density at radius 2 is 1.67 bits per heavy atom. The van der Waals surface area contributed by atoms with Gasteiger partial charge in [-0.2, -0.15) is 0 Å². The second-order valence-electron chi connectivity index (χ2n) is 7.99. The van der Waals surface area contributed by atoms with Crippen molar-refractivity contribution in [3.63, 3.8) is 0 Å². The van der Waals surface area contributed by atoms with Crippen LogP contribution in [0.15, 0.2) is 60.7 Å². The second kappa shape index (κ2) is 8.76. The number of amides is 1. The van der Waals surface area contributed by atoms with Gasteiger partial charge in [-0.1, -0.05) is 36.4 Å². The van der Waals surface area contributed by atoms with Gasteiger partial charge in [-0.15, -0.1) is 0 Å². The molecule has 0 saturated carbocycles. The Labute approximate surface area is 178 Å². The van der Waals surface area contributed by atoms with Crippen molar-refractivity contribution in [1.29, 1.82) is 0 Å². The monoisotopic (exact) mass is 403 g/mol. The Morgan fingerprint density at radius 3 is 2.43 bits per heavy atom. The molecule has 5 nitrogen and oxygen atoms in total. The molecule has 0 unspecified atom stereocenters. The molecule has 1 aliphatic heterocycles. The molecule has 156 valence electrons. The number of likely N-dealkylation sites (N-methyl/N-ethyl adjacent to an activating group) is 1. The van der Waals surface area contributed by atoms with E-state index >= 15 is 0 Å². The van der Waals surface area contributed by atoms with E-state index in [0.717, 1.165) is 59.6 Å². The highest BCUT2D eigenvalue weighted by Gasteiger charge is 2.20. The number of hydrogen-bond donors (Lipinski definition) is 1. The van der Waals surface area contributed by atoms with Crippen LogP contribution < -0.4 is 15.0 Å². The maximum absolute atomic E-state index is 13.1. The molecule has 1 saturated heterocycles. The van der Waals surface area contributed by atoms with Crippen LogP contribution in [0.5, 0.6) is 5.75 Å². The van der Waals surface area contributed by atoms with Gasteiger partial charge in [-0.25, -0.2) is 0 Å². The van der Waals surface area contributed by atoms with Gasteiger partial charge in [-0.05, 0) is 54.6 Å². The van der Waals surface area contributed by atoms with Gasteiger partial charge in [-0.3, -0.25) is 4.79 Å². The third kappa shape index (κ3) is 4.26. The van der Waals surface area contributed by atoms with Crippen LogP contribution in [0, 0.1) is 0 Å². The first-order valence-corrected chi connectivity index (χ1v) is 10.5. The van der Waals surface area contributed by atoms with Crippen LogP contribution in [0.25, 0.3) is 10.8 Å². The number of carbonyl (C=O) groups excluding carboxylic acids is 1. The average molecular weight is 404 g/mol. The third-order valence-corrected chi connectivity index (χ3v) is 5.97. The normalized spacial score (nSPS) is 15.8. The maximum Gasteiger partial charge on any atom is 0.231 e. The average Bonchev–Trinajstić information content (AvgIpc) is 2.78. The summed E-state index contributed by atoms with van der Waals surface area (Å²) >= 11 is 0. The number of benzene rings is 3. The van der Waals surface area contributed by atoms with Crippen molar-refractivity contribution in [3.05, 3.63) is 66.2 Å². The van der Waals surface area contributed by atoms with Crippen molar-refractivity contribution >= 4 is 28.1 Å². The van der Waals surface area contributed by atoms with Crippen LogP contribution in [0.1, 0.15) is 18.4 Å². The lowest BCUT2D eigenvalue weighted by Crippen LogP contribution is -2.44. The molecule has 0 bridgehead atoms. The standard InChI is InChI=1S/C25H29N3O2/c1-18(19-8-9-21-17-22(30-3)11-10-20(21)16-19)25(29)26-23-6-4-5-7-24(23)28-14-12-27(2)13-15-28/h4-11,16-18H,12-15H2,1-3H3,(H,26,29)/t18-/m0/s1. The van der Waals surface area contributed by atoms with Crippen LogP contribution in [0.4, 0.5) is 11.4 Å². The molecule has 1 atom stereocenters. The lowest BCUT2D eigenvalue weighted by molar-refractivity contribution is -0.117. The summed E-state index contributed by atoms with van der Waals surface area (Å²) in [5.41, 5.74) is 2.98. The van der Waals surface area contributed by atoms with E-state index in [4.69, 9.17) is 4.74 Å². The minimum atomic E-state index is -0.253. The highest BCUT2D eigenvalue weighted by molar-refractivity contribution is 5.99. The van der Waals surface area contributed by atoms with Gasteiger partial charge in [0.1, 0.15) is 5.75 Å². The first kappa shape index (κ1) is 20.2. The molecule has 5 heteroatoms. The van der Waals surface area contributed by atoms with Gasteiger partial charge < -0.3 is 19.9 Å². The van der Waals surface area contributed by atoms with Crippen molar-refractivity contribution < 1.29 is 9.53 Å². The minimum absolute atomic E-state index is 0.00411. The number of nitrogens with one attached hydrogen (secondary N) is 1. The van der Waals surface area contributed by atoms with Crippen molar-refractivity contribution in [3.8, 4) is 5.75 Å². The number of rotatable bonds is 5. The lowest BCUT2D eigenvalue weighted by Gasteiger charge is -2.35. The Hall–Kier alpha value is -3.05. The predicted octanol–water partition coefficient (Wildman–Crippen LogP) is 4.34. The van der Waals surface area contributed by atoms with Crippen molar-refractivity contribution in [2.45, 2.75) is 12.8 Å². The summed E-state index contributed by atoms with van der Waals surface area (Å²) in [6, 6.07) is 20.2. The van der Waals surface area contributed by atoms with E-state index in [1.165, 1.54) is 0 Å².